The predicted octanol–water partition coefficient (Wildman–Crippen LogP) is 1.22. The number of hydrogen-bond donors (Lipinski definition) is 1. The third-order valence-electron chi connectivity index (χ3n) is 0.682. The fraction of sp³-hybridized carbons (Fsp3) is 0.286. The van der Waals surface area contributed by atoms with E-state index in [9.17, 15) is 4.79 Å². The Labute approximate surface area is 72.5 Å². The molecule has 0 rings (SSSR count). The summed E-state index contributed by atoms with van der Waals surface area (Å²) in [5.74, 6) is -0.323. The van der Waals surface area contributed by atoms with Gasteiger partial charge in [-0.3, -0.25) is 4.79 Å². The van der Waals surface area contributed by atoms with Crippen LogP contribution in [0.25, 0.3) is 0 Å². The van der Waals surface area contributed by atoms with Gasteiger partial charge < -0.3 is 10.1 Å². The number of rotatable bonds is 4. The van der Waals surface area contributed by atoms with Gasteiger partial charge in [0.15, 0.2) is 0 Å². The van der Waals surface area contributed by atoms with Gasteiger partial charge in [0, 0.05) is 19.7 Å². The van der Waals surface area contributed by atoms with Gasteiger partial charge in [-0.15, -0.1) is 19.0 Å². The lowest BCUT2D eigenvalue weighted by Gasteiger charge is -1.92. The highest BCUT2D eigenvalue weighted by Crippen LogP contribution is 1.75. The van der Waals surface area contributed by atoms with E-state index in [1.54, 1.807) is 12.3 Å². The third-order valence-corrected chi connectivity index (χ3v) is 0.682. The zero-order valence-electron chi connectivity index (χ0n) is 6.37. The summed E-state index contributed by atoms with van der Waals surface area (Å²) in [5, 5.41) is 2.81. The highest BCUT2D eigenvalue weighted by molar-refractivity contribution is 5.85. The van der Waals surface area contributed by atoms with Crippen LogP contribution in [0.1, 0.15) is 6.92 Å². The Bertz CT molecular complexity index is 145. The average Bonchev–Trinajstić information content (AvgIpc) is 1.87. The minimum atomic E-state index is -0.323. The van der Waals surface area contributed by atoms with Gasteiger partial charge in [-0.2, -0.15) is 0 Å². The van der Waals surface area contributed by atoms with Crippen LogP contribution < -0.4 is 5.32 Å². The molecule has 0 aromatic carbocycles. The largest absolute Gasteiger partial charge is 0.433 e. The summed E-state index contributed by atoms with van der Waals surface area (Å²) in [7, 11) is 0. The first-order valence-electron chi connectivity index (χ1n) is 2.94. The SMILES string of the molecule is C=CCNC=COC(C)=O.Cl. The maximum atomic E-state index is 10.2. The van der Waals surface area contributed by atoms with Gasteiger partial charge in [0.25, 0.3) is 0 Å². The second kappa shape index (κ2) is 9.04. The average molecular weight is 178 g/mol. The third kappa shape index (κ3) is 12.3. The van der Waals surface area contributed by atoms with Crippen LogP contribution in [-0.2, 0) is 9.53 Å². The van der Waals surface area contributed by atoms with Gasteiger partial charge in [-0.25, -0.2) is 0 Å². The van der Waals surface area contributed by atoms with Crippen molar-refractivity contribution in [1.29, 1.82) is 0 Å². The summed E-state index contributed by atoms with van der Waals surface area (Å²) in [6, 6.07) is 0. The first kappa shape index (κ1) is 12.7. The van der Waals surface area contributed by atoms with Crippen molar-refractivity contribution in [2.75, 3.05) is 6.54 Å². The molecule has 0 radical (unpaired) electrons. The molecule has 0 fully saturated rings. The molecule has 0 aromatic rings. The zero-order valence-corrected chi connectivity index (χ0v) is 7.19. The fourth-order valence-electron chi connectivity index (χ4n) is 0.329. The van der Waals surface area contributed by atoms with Crippen molar-refractivity contribution in [3.63, 3.8) is 0 Å². The van der Waals surface area contributed by atoms with Crippen molar-refractivity contribution < 1.29 is 9.53 Å². The molecule has 0 aliphatic carbocycles. The number of carbonyl (C=O) groups excluding carboxylic acids is 1. The molecular weight excluding hydrogens is 166 g/mol. The quantitative estimate of drug-likeness (QED) is 0.304. The van der Waals surface area contributed by atoms with Gasteiger partial charge >= 0.3 is 5.97 Å². The van der Waals surface area contributed by atoms with Crippen molar-refractivity contribution in [2.45, 2.75) is 6.92 Å². The number of carbonyl (C=O) groups is 1. The van der Waals surface area contributed by atoms with Crippen molar-refractivity contribution in [3.05, 3.63) is 25.1 Å². The molecule has 0 aliphatic heterocycles. The molecule has 64 valence electrons. The van der Waals surface area contributed by atoms with Crippen LogP contribution >= 0.6 is 12.4 Å². The van der Waals surface area contributed by atoms with E-state index < -0.39 is 0 Å². The van der Waals surface area contributed by atoms with E-state index in [-0.39, 0.29) is 18.4 Å². The van der Waals surface area contributed by atoms with Crippen LogP contribution in [0.3, 0.4) is 0 Å². The molecule has 0 aliphatic rings. The Balaban J connectivity index is 0. The number of nitrogens with one attached hydrogen (secondary N) is 1. The first-order valence-corrected chi connectivity index (χ1v) is 2.94. The van der Waals surface area contributed by atoms with Gasteiger partial charge in [0.1, 0.15) is 6.26 Å². The zero-order chi connectivity index (χ0) is 7.82. The molecule has 4 heteroatoms. The molecule has 0 spiro atoms. The molecule has 0 amide bonds. The maximum absolute atomic E-state index is 10.2. The molecule has 0 saturated carbocycles. The standard InChI is InChI=1S/C7H11NO2.ClH/c1-3-4-8-5-6-10-7(2)9;/h3,5-6,8H,1,4H2,2H3;1H. The molecule has 11 heavy (non-hydrogen) atoms. The van der Waals surface area contributed by atoms with E-state index in [1.807, 2.05) is 0 Å². The lowest BCUT2D eigenvalue weighted by Crippen LogP contribution is -2.03. The minimum absolute atomic E-state index is 0. The lowest BCUT2D eigenvalue weighted by atomic mass is 10.6. The van der Waals surface area contributed by atoms with Crippen LogP contribution in [0.2, 0.25) is 0 Å². The highest BCUT2D eigenvalue weighted by atomic mass is 35.5. The van der Waals surface area contributed by atoms with E-state index in [2.05, 4.69) is 16.6 Å². The molecule has 0 heterocycles. The summed E-state index contributed by atoms with van der Waals surface area (Å²) >= 11 is 0. The topological polar surface area (TPSA) is 38.3 Å². The Kier molecular flexibility index (Phi) is 10.4. The van der Waals surface area contributed by atoms with Crippen LogP contribution in [0, 0.1) is 0 Å². The van der Waals surface area contributed by atoms with E-state index in [0.29, 0.717) is 6.54 Å². The smallest absolute Gasteiger partial charge is 0.307 e. The monoisotopic (exact) mass is 177 g/mol. The fourth-order valence-corrected chi connectivity index (χ4v) is 0.329. The number of hydrogen-bond acceptors (Lipinski definition) is 3. The number of esters is 1. The Morgan fingerprint density at radius 2 is 2.36 bits per heavy atom. The van der Waals surface area contributed by atoms with Crippen LogP contribution in [0.4, 0.5) is 0 Å². The van der Waals surface area contributed by atoms with Gasteiger partial charge in [0.2, 0.25) is 0 Å². The Hall–Kier alpha value is -0.960. The van der Waals surface area contributed by atoms with E-state index >= 15 is 0 Å². The minimum Gasteiger partial charge on any atom is -0.433 e. The molecule has 0 aromatic heterocycles. The summed E-state index contributed by atoms with van der Waals surface area (Å²) < 4.78 is 4.47. The first-order chi connectivity index (χ1) is 4.77. The highest BCUT2D eigenvalue weighted by Gasteiger charge is 1.82. The molecule has 0 saturated heterocycles. The number of ether oxygens (including phenoxy) is 1. The predicted molar refractivity (Wildman–Crippen MR) is 46.4 cm³/mol. The van der Waals surface area contributed by atoms with Crippen molar-refractivity contribution >= 4 is 18.4 Å². The van der Waals surface area contributed by atoms with Gasteiger partial charge in [-0.1, -0.05) is 6.08 Å². The normalized spacial score (nSPS) is 8.45. The molecule has 1 N–H and O–H groups in total. The second-order valence-electron chi connectivity index (χ2n) is 1.61. The molecule has 0 bridgehead atoms. The Morgan fingerprint density at radius 1 is 1.73 bits per heavy atom. The van der Waals surface area contributed by atoms with Crippen LogP contribution in [-0.4, -0.2) is 12.5 Å². The second-order valence-corrected chi connectivity index (χ2v) is 1.61. The van der Waals surface area contributed by atoms with E-state index in [4.69, 9.17) is 0 Å². The summed E-state index contributed by atoms with van der Waals surface area (Å²) in [6.45, 7) is 5.50. The summed E-state index contributed by atoms with van der Waals surface area (Å²) in [6.07, 6.45) is 4.55. The van der Waals surface area contributed by atoms with Gasteiger partial charge in [-0.05, 0) is 0 Å². The van der Waals surface area contributed by atoms with Crippen molar-refractivity contribution in [2.24, 2.45) is 0 Å². The van der Waals surface area contributed by atoms with Crippen molar-refractivity contribution in [1.82, 2.24) is 5.32 Å². The van der Waals surface area contributed by atoms with E-state index in [1.165, 1.54) is 13.2 Å². The summed E-state index contributed by atoms with van der Waals surface area (Å²) in [4.78, 5) is 10.2. The van der Waals surface area contributed by atoms with Gasteiger partial charge in [0.05, 0.1) is 0 Å². The molecular formula is C7H12ClNO2. The lowest BCUT2D eigenvalue weighted by molar-refractivity contribution is -0.135. The van der Waals surface area contributed by atoms with Crippen LogP contribution in [0.15, 0.2) is 25.1 Å². The van der Waals surface area contributed by atoms with Crippen LogP contribution in [0.5, 0.6) is 0 Å². The molecule has 0 atom stereocenters. The summed E-state index contributed by atoms with van der Waals surface area (Å²) in [5.41, 5.74) is 0. The molecule has 3 nitrogen and oxygen atoms in total. The van der Waals surface area contributed by atoms with E-state index in [0.717, 1.165) is 0 Å². The number of halogens is 1. The molecule has 0 unspecified atom stereocenters. The van der Waals surface area contributed by atoms with Crippen molar-refractivity contribution in [3.8, 4) is 0 Å². The maximum Gasteiger partial charge on any atom is 0.307 e. The Morgan fingerprint density at radius 3 is 2.82 bits per heavy atom.